The highest BCUT2D eigenvalue weighted by atomic mass is 16.5. The van der Waals surface area contributed by atoms with E-state index in [-0.39, 0.29) is 11.4 Å². The minimum Gasteiger partial charge on any atom is -0.500 e. The van der Waals surface area contributed by atoms with Crippen molar-refractivity contribution in [1.82, 2.24) is 0 Å². The molecule has 54 valence electrons. The first-order valence-corrected chi connectivity index (χ1v) is 2.79. The largest absolute Gasteiger partial charge is 0.500 e. The molecule has 0 aliphatic heterocycles. The molecule has 3 heteroatoms. The predicted octanol–water partition coefficient (Wildman–Crippen LogP) is 1.02. The fourth-order valence-electron chi connectivity index (χ4n) is 0.507. The second-order valence-electron chi connectivity index (χ2n) is 1.80. The van der Waals surface area contributed by atoms with Gasteiger partial charge in [0, 0.05) is 0 Å². The van der Waals surface area contributed by atoms with E-state index >= 15 is 0 Å². The van der Waals surface area contributed by atoms with Crippen molar-refractivity contribution in [3.05, 3.63) is 11.3 Å². The van der Waals surface area contributed by atoms with Gasteiger partial charge in [-0.3, -0.25) is 4.79 Å². The van der Waals surface area contributed by atoms with Crippen LogP contribution in [-0.4, -0.2) is 12.9 Å². The molecule has 0 N–H and O–H groups in total. The van der Waals surface area contributed by atoms with Crippen LogP contribution < -0.4 is 0 Å². The lowest BCUT2D eigenvalue weighted by Crippen LogP contribution is -1.98. The van der Waals surface area contributed by atoms with Crippen LogP contribution in [0.5, 0.6) is 0 Å². The van der Waals surface area contributed by atoms with Gasteiger partial charge in [0.25, 0.3) is 0 Å². The van der Waals surface area contributed by atoms with Gasteiger partial charge in [-0.25, -0.2) is 0 Å². The standard InChI is InChI=1S/C7H9NO2/c1-5(9)7(4-8)6(2)10-3/h1-3H3/b7-6+. The Bertz CT molecular complexity index is 210. The number of Topliss-reactive ketones (excluding diaryl/α,β-unsaturated/α-hetero) is 1. The van der Waals surface area contributed by atoms with E-state index in [1.807, 2.05) is 0 Å². The molecule has 0 radical (unpaired) electrons. The van der Waals surface area contributed by atoms with Crippen LogP contribution >= 0.6 is 0 Å². The van der Waals surface area contributed by atoms with Crippen molar-refractivity contribution >= 4 is 5.78 Å². The average Bonchev–Trinajstić information content (AvgIpc) is 1.88. The lowest BCUT2D eigenvalue weighted by Gasteiger charge is -1.98. The number of hydrogen-bond acceptors (Lipinski definition) is 3. The Morgan fingerprint density at radius 3 is 2.10 bits per heavy atom. The number of allylic oxidation sites excluding steroid dienone is 2. The summed E-state index contributed by atoms with van der Waals surface area (Å²) in [7, 11) is 1.43. The van der Waals surface area contributed by atoms with E-state index in [4.69, 9.17) is 10.00 Å². The maximum Gasteiger partial charge on any atom is 0.173 e. The van der Waals surface area contributed by atoms with Crippen LogP contribution in [0.1, 0.15) is 13.8 Å². The molecule has 3 nitrogen and oxygen atoms in total. The summed E-state index contributed by atoms with van der Waals surface area (Å²) in [6.07, 6.45) is 0. The number of methoxy groups -OCH3 is 1. The highest BCUT2D eigenvalue weighted by molar-refractivity contribution is 5.97. The Labute approximate surface area is 59.9 Å². The second-order valence-corrected chi connectivity index (χ2v) is 1.80. The highest BCUT2D eigenvalue weighted by Gasteiger charge is 2.06. The van der Waals surface area contributed by atoms with Crippen molar-refractivity contribution in [2.45, 2.75) is 13.8 Å². The van der Waals surface area contributed by atoms with E-state index in [0.29, 0.717) is 5.76 Å². The number of nitriles is 1. The number of carbonyl (C=O) groups is 1. The molecule has 0 heterocycles. The zero-order chi connectivity index (χ0) is 8.15. The fourth-order valence-corrected chi connectivity index (χ4v) is 0.507. The molecule has 0 aliphatic carbocycles. The van der Waals surface area contributed by atoms with Gasteiger partial charge in [0.2, 0.25) is 0 Å². The van der Waals surface area contributed by atoms with Crippen LogP contribution in [0.4, 0.5) is 0 Å². The van der Waals surface area contributed by atoms with Crippen molar-refractivity contribution in [1.29, 1.82) is 5.26 Å². The first-order chi connectivity index (χ1) is 4.63. The third-order valence-corrected chi connectivity index (χ3v) is 1.12. The number of rotatable bonds is 2. The van der Waals surface area contributed by atoms with Gasteiger partial charge < -0.3 is 4.74 Å². The second kappa shape index (κ2) is 3.67. The number of ether oxygens (including phenoxy) is 1. The third-order valence-electron chi connectivity index (χ3n) is 1.12. The van der Waals surface area contributed by atoms with Crippen molar-refractivity contribution < 1.29 is 9.53 Å². The Kier molecular flexibility index (Phi) is 3.20. The van der Waals surface area contributed by atoms with Crippen molar-refractivity contribution in [3.8, 4) is 6.07 Å². The Morgan fingerprint density at radius 1 is 1.50 bits per heavy atom. The zero-order valence-electron chi connectivity index (χ0n) is 6.26. The van der Waals surface area contributed by atoms with Crippen molar-refractivity contribution in [2.24, 2.45) is 0 Å². The Balaban J connectivity index is 4.68. The summed E-state index contributed by atoms with van der Waals surface area (Å²) < 4.78 is 4.70. The number of ketones is 1. The first-order valence-electron chi connectivity index (χ1n) is 2.79. The zero-order valence-corrected chi connectivity index (χ0v) is 6.26. The topological polar surface area (TPSA) is 50.1 Å². The van der Waals surface area contributed by atoms with Crippen LogP contribution in [0.2, 0.25) is 0 Å². The minimum absolute atomic E-state index is 0.0856. The van der Waals surface area contributed by atoms with Gasteiger partial charge in [0.1, 0.15) is 17.4 Å². The normalized spacial score (nSPS) is 11.4. The number of nitrogens with zero attached hydrogens (tertiary/aromatic N) is 1. The molecule has 0 saturated heterocycles. The fraction of sp³-hybridized carbons (Fsp3) is 0.429. The molecule has 0 amide bonds. The molecule has 0 aromatic rings. The monoisotopic (exact) mass is 139 g/mol. The third kappa shape index (κ3) is 1.90. The Morgan fingerprint density at radius 2 is 2.00 bits per heavy atom. The molecule has 0 bridgehead atoms. The molecule has 0 atom stereocenters. The van der Waals surface area contributed by atoms with E-state index in [2.05, 4.69) is 0 Å². The molecular weight excluding hydrogens is 130 g/mol. The maximum absolute atomic E-state index is 10.6. The molecule has 0 saturated carbocycles. The van der Waals surface area contributed by atoms with Crippen LogP contribution in [0, 0.1) is 11.3 Å². The van der Waals surface area contributed by atoms with E-state index in [1.54, 1.807) is 13.0 Å². The molecule has 10 heavy (non-hydrogen) atoms. The van der Waals surface area contributed by atoms with Gasteiger partial charge in [-0.05, 0) is 13.8 Å². The summed E-state index contributed by atoms with van der Waals surface area (Å²) in [4.78, 5) is 10.6. The van der Waals surface area contributed by atoms with Crippen LogP contribution in [0.25, 0.3) is 0 Å². The summed E-state index contributed by atoms with van der Waals surface area (Å²) in [6, 6.07) is 1.76. The summed E-state index contributed by atoms with van der Waals surface area (Å²) in [6.45, 7) is 2.92. The Hall–Kier alpha value is -1.30. The van der Waals surface area contributed by atoms with Crippen molar-refractivity contribution in [3.63, 3.8) is 0 Å². The van der Waals surface area contributed by atoms with Crippen molar-refractivity contribution in [2.75, 3.05) is 7.11 Å². The molecule has 0 aromatic carbocycles. The minimum atomic E-state index is -0.262. The quantitative estimate of drug-likeness (QED) is 0.326. The molecule has 0 unspecified atom stereocenters. The molecule has 0 aromatic heterocycles. The van der Waals surface area contributed by atoms with Gasteiger partial charge in [0.05, 0.1) is 7.11 Å². The van der Waals surface area contributed by atoms with Gasteiger partial charge in [0.15, 0.2) is 5.78 Å². The predicted molar refractivity (Wildman–Crippen MR) is 36.0 cm³/mol. The first kappa shape index (κ1) is 8.70. The number of hydrogen-bond donors (Lipinski definition) is 0. The summed E-state index contributed by atoms with van der Waals surface area (Å²) >= 11 is 0. The maximum atomic E-state index is 10.6. The lowest BCUT2D eigenvalue weighted by molar-refractivity contribution is -0.113. The van der Waals surface area contributed by atoms with E-state index < -0.39 is 0 Å². The molecular formula is C7H9NO2. The smallest absolute Gasteiger partial charge is 0.173 e. The molecule has 0 fully saturated rings. The lowest BCUT2D eigenvalue weighted by atomic mass is 10.2. The van der Waals surface area contributed by atoms with E-state index in [0.717, 1.165) is 0 Å². The molecule has 0 aliphatic rings. The summed E-state index contributed by atoms with van der Waals surface area (Å²) in [5, 5.41) is 8.39. The highest BCUT2D eigenvalue weighted by Crippen LogP contribution is 2.03. The van der Waals surface area contributed by atoms with E-state index in [1.165, 1.54) is 14.0 Å². The van der Waals surface area contributed by atoms with Crippen LogP contribution in [0.15, 0.2) is 11.3 Å². The van der Waals surface area contributed by atoms with Gasteiger partial charge in [-0.2, -0.15) is 5.26 Å². The van der Waals surface area contributed by atoms with Gasteiger partial charge in [-0.15, -0.1) is 0 Å². The summed E-state index contributed by atoms with van der Waals surface area (Å²) in [5.41, 5.74) is 0.0856. The average molecular weight is 139 g/mol. The van der Waals surface area contributed by atoms with Gasteiger partial charge >= 0.3 is 0 Å². The number of carbonyl (C=O) groups excluding carboxylic acids is 1. The van der Waals surface area contributed by atoms with Crippen LogP contribution in [0.3, 0.4) is 0 Å². The summed E-state index contributed by atoms with van der Waals surface area (Å²) in [5.74, 6) is 0.108. The van der Waals surface area contributed by atoms with Gasteiger partial charge in [-0.1, -0.05) is 0 Å². The SMILES string of the molecule is CO/C(C)=C(\C#N)C(C)=O. The van der Waals surface area contributed by atoms with E-state index in [9.17, 15) is 4.79 Å². The van der Waals surface area contributed by atoms with Crippen LogP contribution in [-0.2, 0) is 9.53 Å². The molecule has 0 spiro atoms. The molecule has 0 rings (SSSR count).